The smallest absolute Gasteiger partial charge is 0.285 e. The van der Waals surface area contributed by atoms with E-state index in [2.05, 4.69) is 17.0 Å². The molecule has 28 heavy (non-hydrogen) atoms. The van der Waals surface area contributed by atoms with Crippen LogP contribution in [0, 0.1) is 0 Å². The normalized spacial score (nSPS) is 9.89. The molecule has 0 spiro atoms. The van der Waals surface area contributed by atoms with Crippen LogP contribution in [0.5, 0.6) is 5.75 Å². The molecule has 0 aliphatic carbocycles. The van der Waals surface area contributed by atoms with Crippen LogP contribution in [-0.2, 0) is 0 Å². The molecule has 0 saturated carbocycles. The molecule has 2 aromatic rings. The predicted molar refractivity (Wildman–Crippen MR) is 120 cm³/mol. The maximum absolute atomic E-state index is 11.6. The second-order valence-electron chi connectivity index (χ2n) is 5.66. The number of hydrogen-bond acceptors (Lipinski definition) is 7. The molecule has 0 fully saturated rings. The molecule has 1 aromatic carbocycles. The Labute approximate surface area is 176 Å². The maximum atomic E-state index is 11.6. The largest absolute Gasteiger partial charge is 0.494 e. The van der Waals surface area contributed by atoms with E-state index in [-0.39, 0.29) is 0 Å². The van der Waals surface area contributed by atoms with Gasteiger partial charge in [-0.1, -0.05) is 40.0 Å². The average Bonchev–Trinajstić information content (AvgIpc) is 3.22. The highest BCUT2D eigenvalue weighted by atomic mass is 32.2. The number of hydrogen-bond donors (Lipinski definition) is 4. The number of anilines is 2. The number of hydroxylamine groups is 1. The van der Waals surface area contributed by atoms with Crippen LogP contribution in [-0.4, -0.2) is 24.8 Å². The minimum atomic E-state index is -0.515. The van der Waals surface area contributed by atoms with Crippen LogP contribution in [0.4, 0.5) is 11.4 Å². The van der Waals surface area contributed by atoms with E-state index in [1.54, 1.807) is 18.0 Å². The summed E-state index contributed by atoms with van der Waals surface area (Å²) in [6, 6.07) is 7.72. The summed E-state index contributed by atoms with van der Waals surface area (Å²) in [5.41, 5.74) is 3.50. The molecule has 4 N–H and O–H groups in total. The first kappa shape index (κ1) is 24.1. The van der Waals surface area contributed by atoms with Crippen molar-refractivity contribution in [3.63, 3.8) is 0 Å². The summed E-state index contributed by atoms with van der Waals surface area (Å²) in [6.07, 6.45) is 4.89. The van der Waals surface area contributed by atoms with Crippen molar-refractivity contribution in [2.45, 2.75) is 51.3 Å². The Hall–Kier alpha value is -1.90. The third-order valence-electron chi connectivity index (χ3n) is 3.77. The Morgan fingerprint density at radius 2 is 2.00 bits per heavy atom. The van der Waals surface area contributed by atoms with Gasteiger partial charge in [0, 0.05) is 18.3 Å². The lowest BCUT2D eigenvalue weighted by atomic mass is 10.2. The first-order chi connectivity index (χ1) is 13.7. The molecule has 1 aromatic heterocycles. The van der Waals surface area contributed by atoms with E-state index >= 15 is 0 Å². The summed E-state index contributed by atoms with van der Waals surface area (Å²) in [7, 11) is 1.63. The van der Waals surface area contributed by atoms with Crippen molar-refractivity contribution in [2.24, 2.45) is 0 Å². The zero-order valence-electron chi connectivity index (χ0n) is 17.0. The van der Waals surface area contributed by atoms with E-state index in [4.69, 9.17) is 9.94 Å². The van der Waals surface area contributed by atoms with Crippen LogP contribution in [0.25, 0.3) is 0 Å². The average molecular weight is 426 g/mol. The van der Waals surface area contributed by atoms with Crippen molar-refractivity contribution in [3.05, 3.63) is 34.5 Å². The predicted octanol–water partition coefficient (Wildman–Crippen LogP) is 6.01. The van der Waals surface area contributed by atoms with E-state index in [0.717, 1.165) is 35.0 Å². The van der Waals surface area contributed by atoms with Gasteiger partial charge < -0.3 is 14.8 Å². The molecule has 1 amide bonds. The molecule has 1 heterocycles. The summed E-state index contributed by atoms with van der Waals surface area (Å²) < 4.78 is 8.67. The van der Waals surface area contributed by atoms with Gasteiger partial charge in [-0.05, 0) is 41.9 Å². The molecule has 0 aliphatic heterocycles. The lowest BCUT2D eigenvalue weighted by Crippen LogP contribution is -2.17. The highest BCUT2D eigenvalue weighted by Gasteiger charge is 2.14. The standard InChI is InChI=1S/C18H25N3O3S2.C2H6/c1-3-4-5-6-10-19-13-7-8-14(15(12-13)24-2)21-26-16-9-11-25-17(16)18(22)20-23;1-2/h7-9,11-12,19,21,23H,3-6,10H2,1-2H3,(H,20,22);1-2H3. The van der Waals surface area contributed by atoms with Crippen LogP contribution in [0.3, 0.4) is 0 Å². The van der Waals surface area contributed by atoms with Gasteiger partial charge >= 0.3 is 0 Å². The summed E-state index contributed by atoms with van der Waals surface area (Å²) >= 11 is 2.57. The molecule has 6 nitrogen and oxygen atoms in total. The molecule has 8 heteroatoms. The number of ether oxygens (including phenoxy) is 1. The van der Waals surface area contributed by atoms with Crippen molar-refractivity contribution in [1.29, 1.82) is 0 Å². The highest BCUT2D eigenvalue weighted by Crippen LogP contribution is 2.34. The van der Waals surface area contributed by atoms with Gasteiger partial charge in [0.2, 0.25) is 0 Å². The van der Waals surface area contributed by atoms with Gasteiger partial charge in [-0.2, -0.15) is 0 Å². The van der Waals surface area contributed by atoms with Gasteiger partial charge in [0.15, 0.2) is 0 Å². The molecular weight excluding hydrogens is 394 g/mol. The zero-order chi connectivity index (χ0) is 20.8. The molecule has 2 rings (SSSR count). The number of methoxy groups -OCH3 is 1. The Morgan fingerprint density at radius 3 is 2.68 bits per heavy atom. The summed E-state index contributed by atoms with van der Waals surface area (Å²) in [4.78, 5) is 12.8. The molecule has 0 radical (unpaired) electrons. The highest BCUT2D eigenvalue weighted by molar-refractivity contribution is 8.00. The van der Waals surface area contributed by atoms with Crippen LogP contribution >= 0.6 is 23.3 Å². The third kappa shape index (κ3) is 7.61. The number of unbranched alkanes of at least 4 members (excludes halogenated alkanes) is 3. The van der Waals surface area contributed by atoms with Crippen LogP contribution in [0.2, 0.25) is 0 Å². The first-order valence-corrected chi connectivity index (χ1v) is 11.3. The van der Waals surface area contributed by atoms with Gasteiger partial charge in [-0.25, -0.2) is 5.48 Å². The number of thiophene rings is 1. The third-order valence-corrected chi connectivity index (χ3v) is 5.69. The maximum Gasteiger partial charge on any atom is 0.285 e. The van der Waals surface area contributed by atoms with Gasteiger partial charge in [0.1, 0.15) is 10.6 Å². The molecular formula is C20H31N3O3S2. The number of nitrogens with one attached hydrogen (secondary N) is 3. The van der Waals surface area contributed by atoms with E-state index in [9.17, 15) is 4.79 Å². The van der Waals surface area contributed by atoms with Crippen molar-refractivity contribution >= 4 is 40.6 Å². The van der Waals surface area contributed by atoms with Crippen molar-refractivity contribution < 1.29 is 14.7 Å². The lowest BCUT2D eigenvalue weighted by Gasteiger charge is -2.13. The molecule has 0 atom stereocenters. The number of amides is 1. The summed E-state index contributed by atoms with van der Waals surface area (Å²) in [6.45, 7) is 7.15. The number of carbonyl (C=O) groups is 1. The summed E-state index contributed by atoms with van der Waals surface area (Å²) in [5, 5.41) is 14.0. The van der Waals surface area contributed by atoms with Gasteiger partial charge in [0.05, 0.1) is 17.7 Å². The summed E-state index contributed by atoms with van der Waals surface area (Å²) in [5.74, 6) is 0.207. The van der Waals surface area contributed by atoms with Gasteiger partial charge in [-0.15, -0.1) is 11.3 Å². The van der Waals surface area contributed by atoms with Crippen molar-refractivity contribution in [2.75, 3.05) is 23.7 Å². The minimum absolute atomic E-state index is 0.453. The van der Waals surface area contributed by atoms with E-state index in [1.807, 2.05) is 38.1 Å². The molecule has 0 saturated heterocycles. The quantitative estimate of drug-likeness (QED) is 0.153. The Bertz CT molecular complexity index is 708. The topological polar surface area (TPSA) is 82.6 Å². The second kappa shape index (κ2) is 14.1. The Morgan fingerprint density at radius 1 is 1.21 bits per heavy atom. The number of benzene rings is 1. The van der Waals surface area contributed by atoms with Crippen LogP contribution in [0.15, 0.2) is 34.5 Å². The van der Waals surface area contributed by atoms with E-state index in [0.29, 0.717) is 4.88 Å². The van der Waals surface area contributed by atoms with E-state index in [1.165, 1.54) is 42.5 Å². The van der Waals surface area contributed by atoms with Gasteiger partial charge in [-0.3, -0.25) is 10.0 Å². The van der Waals surface area contributed by atoms with Crippen LogP contribution < -0.4 is 20.3 Å². The molecule has 156 valence electrons. The fourth-order valence-corrected chi connectivity index (χ4v) is 4.12. The molecule has 0 bridgehead atoms. The van der Waals surface area contributed by atoms with E-state index < -0.39 is 5.91 Å². The Balaban J connectivity index is 0.00000190. The molecule has 0 aliphatic rings. The second-order valence-corrected chi connectivity index (χ2v) is 7.43. The van der Waals surface area contributed by atoms with Crippen molar-refractivity contribution in [3.8, 4) is 5.75 Å². The first-order valence-electron chi connectivity index (χ1n) is 9.56. The number of rotatable bonds is 11. The van der Waals surface area contributed by atoms with Gasteiger partial charge in [0.25, 0.3) is 5.91 Å². The Kier molecular flexibility index (Phi) is 12.2. The van der Waals surface area contributed by atoms with Crippen LogP contribution in [0.1, 0.15) is 56.1 Å². The minimum Gasteiger partial charge on any atom is -0.494 e. The lowest BCUT2D eigenvalue weighted by molar-refractivity contribution is 0.0708. The fraction of sp³-hybridized carbons (Fsp3) is 0.450. The SMILES string of the molecule is CC.CCCCCCNc1ccc(NSc2ccsc2C(=O)NO)c(OC)c1. The zero-order valence-corrected chi connectivity index (χ0v) is 18.6. The fourth-order valence-electron chi connectivity index (χ4n) is 2.37. The molecule has 0 unspecified atom stereocenters. The monoisotopic (exact) mass is 425 g/mol. The number of carbonyl (C=O) groups excluding carboxylic acids is 1. The van der Waals surface area contributed by atoms with Crippen molar-refractivity contribution in [1.82, 2.24) is 5.48 Å².